The van der Waals surface area contributed by atoms with Crippen LogP contribution in [-0.4, -0.2) is 21.6 Å². The smallest absolute Gasteiger partial charge is 0.178 e. The van der Waals surface area contributed by atoms with E-state index >= 15 is 0 Å². The Morgan fingerprint density at radius 1 is 1.30 bits per heavy atom. The van der Waals surface area contributed by atoms with Crippen LogP contribution in [0.5, 0.6) is 0 Å². The van der Waals surface area contributed by atoms with E-state index in [0.717, 1.165) is 11.4 Å². The van der Waals surface area contributed by atoms with Gasteiger partial charge in [0, 0.05) is 18.1 Å². The minimum absolute atomic E-state index is 0.337. The summed E-state index contributed by atoms with van der Waals surface area (Å²) in [5.41, 5.74) is 3.16. The number of nitrogens with zero attached hydrogens (tertiary/aromatic N) is 4. The Bertz CT molecular complexity index is 1020. The van der Waals surface area contributed by atoms with Crippen LogP contribution in [0.4, 0.5) is 10.1 Å². The van der Waals surface area contributed by atoms with Crippen LogP contribution < -0.4 is 5.32 Å². The molecular formula is C21H22FN5. The molecule has 1 aromatic carbocycles. The van der Waals surface area contributed by atoms with Crippen LogP contribution in [-0.2, 0) is 0 Å². The van der Waals surface area contributed by atoms with Gasteiger partial charge in [0.2, 0.25) is 0 Å². The summed E-state index contributed by atoms with van der Waals surface area (Å²) in [6.07, 6.45) is 6.75. The van der Waals surface area contributed by atoms with Gasteiger partial charge in [-0.1, -0.05) is 26.5 Å². The maximum atomic E-state index is 13.8. The normalized spacial score (nSPS) is 10.7. The predicted octanol–water partition coefficient (Wildman–Crippen LogP) is 5.22. The van der Waals surface area contributed by atoms with Gasteiger partial charge in [-0.25, -0.2) is 14.4 Å². The quantitative estimate of drug-likeness (QED) is 0.645. The highest BCUT2D eigenvalue weighted by Crippen LogP contribution is 2.34. The lowest BCUT2D eigenvalue weighted by Gasteiger charge is -2.10. The van der Waals surface area contributed by atoms with Gasteiger partial charge in [-0.05, 0) is 31.2 Å². The van der Waals surface area contributed by atoms with Crippen molar-refractivity contribution in [2.45, 2.75) is 20.8 Å². The van der Waals surface area contributed by atoms with Crippen LogP contribution in [0.1, 0.15) is 26.3 Å². The summed E-state index contributed by atoms with van der Waals surface area (Å²) in [6.45, 7) is 9.60. The van der Waals surface area contributed by atoms with Gasteiger partial charge >= 0.3 is 0 Å². The average molecular weight is 363 g/mol. The minimum atomic E-state index is -0.399. The van der Waals surface area contributed by atoms with E-state index in [1.807, 2.05) is 31.4 Å². The van der Waals surface area contributed by atoms with Crippen molar-refractivity contribution in [1.82, 2.24) is 14.5 Å². The van der Waals surface area contributed by atoms with Crippen molar-refractivity contribution < 1.29 is 4.39 Å². The van der Waals surface area contributed by atoms with Gasteiger partial charge in [-0.2, -0.15) is 5.26 Å². The largest absolute Gasteiger partial charge is 0.386 e. The van der Waals surface area contributed by atoms with E-state index < -0.39 is 5.82 Å². The Morgan fingerprint density at radius 2 is 1.96 bits per heavy atom. The van der Waals surface area contributed by atoms with E-state index in [1.165, 1.54) is 12.1 Å². The zero-order valence-electron chi connectivity index (χ0n) is 15.9. The third-order valence-electron chi connectivity index (χ3n) is 3.91. The number of hydrogen-bond donors (Lipinski definition) is 1. The van der Waals surface area contributed by atoms with Gasteiger partial charge in [0.05, 0.1) is 29.2 Å². The lowest BCUT2D eigenvalue weighted by molar-refractivity contribution is 0.629. The Kier molecular flexibility index (Phi) is 6.45. The molecule has 1 N–H and O–H groups in total. The third kappa shape index (κ3) is 3.72. The molecule has 0 saturated heterocycles. The highest BCUT2D eigenvalue weighted by atomic mass is 19.1. The van der Waals surface area contributed by atoms with Crippen LogP contribution >= 0.6 is 0 Å². The summed E-state index contributed by atoms with van der Waals surface area (Å²) in [5, 5.41) is 13.2. The topological polar surface area (TPSA) is 66.5 Å². The van der Waals surface area contributed by atoms with Crippen LogP contribution in [0.25, 0.3) is 28.1 Å². The molecule has 0 fully saturated rings. The molecule has 0 aliphatic heterocycles. The second-order valence-corrected chi connectivity index (χ2v) is 5.42. The molecule has 0 spiro atoms. The summed E-state index contributed by atoms with van der Waals surface area (Å²) in [6, 6.07) is 6.55. The van der Waals surface area contributed by atoms with E-state index in [9.17, 15) is 9.65 Å². The molecule has 27 heavy (non-hydrogen) atoms. The molecule has 0 bridgehead atoms. The number of benzene rings is 1. The fourth-order valence-corrected chi connectivity index (χ4v) is 2.78. The number of aromatic nitrogens is 3. The predicted molar refractivity (Wildman–Crippen MR) is 109 cm³/mol. The maximum Gasteiger partial charge on any atom is 0.178 e. The second-order valence-electron chi connectivity index (χ2n) is 5.42. The van der Waals surface area contributed by atoms with E-state index in [0.29, 0.717) is 28.0 Å². The molecule has 0 aliphatic carbocycles. The molecule has 2 heterocycles. The van der Waals surface area contributed by atoms with Crippen LogP contribution in [0.3, 0.4) is 0 Å². The number of hydrogen-bond acceptors (Lipinski definition) is 4. The first-order valence-electron chi connectivity index (χ1n) is 8.64. The fourth-order valence-electron chi connectivity index (χ4n) is 2.78. The zero-order chi connectivity index (χ0) is 20.0. The van der Waals surface area contributed by atoms with Crippen molar-refractivity contribution in [2.24, 2.45) is 0 Å². The zero-order valence-corrected chi connectivity index (χ0v) is 15.9. The number of nitrogens with one attached hydrogen (secondary N) is 1. The Balaban J connectivity index is 0.00000126. The monoisotopic (exact) mass is 363 g/mol. The van der Waals surface area contributed by atoms with Gasteiger partial charge in [0.25, 0.3) is 0 Å². The minimum Gasteiger partial charge on any atom is -0.386 e. The van der Waals surface area contributed by atoms with Crippen molar-refractivity contribution in [3.8, 4) is 17.6 Å². The van der Waals surface area contributed by atoms with Crippen molar-refractivity contribution in [3.05, 3.63) is 60.7 Å². The van der Waals surface area contributed by atoms with Crippen molar-refractivity contribution in [1.29, 1.82) is 5.26 Å². The molecule has 2 aromatic heterocycles. The molecule has 6 heteroatoms. The van der Waals surface area contributed by atoms with E-state index in [1.54, 1.807) is 31.6 Å². The summed E-state index contributed by atoms with van der Waals surface area (Å²) in [5.74, 6) is -0.00604. The Hall–Kier alpha value is -3.46. The molecule has 138 valence electrons. The lowest BCUT2D eigenvalue weighted by Crippen LogP contribution is -2.01. The standard InChI is InChI=1S/C19H16FN5.C2H6/c1-4-5-12(2)25-17-7-6-13(20)8-15(17)16(9-21)18(25)19-23-10-14(22-3)11-24-19;1-2/h4-8,10-11,22H,1H2,2-3H3;1-2H3/b12-5+;. The van der Waals surface area contributed by atoms with Crippen molar-refractivity contribution in [3.63, 3.8) is 0 Å². The van der Waals surface area contributed by atoms with Crippen molar-refractivity contribution in [2.75, 3.05) is 12.4 Å². The Morgan fingerprint density at radius 3 is 2.52 bits per heavy atom. The summed E-state index contributed by atoms with van der Waals surface area (Å²) < 4.78 is 15.6. The highest BCUT2D eigenvalue weighted by molar-refractivity contribution is 5.96. The van der Waals surface area contributed by atoms with Gasteiger partial charge < -0.3 is 9.88 Å². The van der Waals surface area contributed by atoms with Crippen molar-refractivity contribution >= 4 is 22.3 Å². The van der Waals surface area contributed by atoms with E-state index in [2.05, 4.69) is 27.9 Å². The number of allylic oxidation sites excluding steroid dienone is 3. The number of nitriles is 1. The molecule has 0 radical (unpaired) electrons. The molecule has 0 aliphatic rings. The summed E-state index contributed by atoms with van der Waals surface area (Å²) in [7, 11) is 1.77. The fraction of sp³-hybridized carbons (Fsp3) is 0.190. The molecule has 0 saturated carbocycles. The second kappa shape index (κ2) is 8.77. The first-order chi connectivity index (χ1) is 13.1. The average Bonchev–Trinajstić information content (AvgIpc) is 3.03. The van der Waals surface area contributed by atoms with Crippen LogP contribution in [0.15, 0.2) is 49.3 Å². The lowest BCUT2D eigenvalue weighted by atomic mass is 10.1. The van der Waals surface area contributed by atoms with Gasteiger partial charge in [-0.15, -0.1) is 0 Å². The van der Waals surface area contributed by atoms with E-state index in [4.69, 9.17) is 0 Å². The summed E-state index contributed by atoms with van der Waals surface area (Å²) >= 11 is 0. The molecule has 0 atom stereocenters. The highest BCUT2D eigenvalue weighted by Gasteiger charge is 2.21. The first-order valence-corrected chi connectivity index (χ1v) is 8.64. The molecule has 3 aromatic rings. The molecule has 3 rings (SSSR count). The van der Waals surface area contributed by atoms with Crippen LogP contribution in [0, 0.1) is 17.1 Å². The summed E-state index contributed by atoms with van der Waals surface area (Å²) in [4.78, 5) is 8.71. The number of halogens is 1. The molecule has 5 nitrogen and oxygen atoms in total. The Labute approximate surface area is 158 Å². The number of fused-ring (bicyclic) bond motifs is 1. The van der Waals surface area contributed by atoms with Gasteiger partial charge in [0.15, 0.2) is 5.82 Å². The molecule has 0 amide bonds. The first kappa shape index (κ1) is 19.9. The maximum absolute atomic E-state index is 13.8. The van der Waals surface area contributed by atoms with Gasteiger partial charge in [0.1, 0.15) is 17.6 Å². The molecule has 0 unspecified atom stereocenters. The number of anilines is 1. The van der Waals surface area contributed by atoms with Crippen LogP contribution in [0.2, 0.25) is 0 Å². The number of rotatable bonds is 4. The third-order valence-corrected chi connectivity index (χ3v) is 3.91. The van der Waals surface area contributed by atoms with E-state index in [-0.39, 0.29) is 0 Å². The molecular weight excluding hydrogens is 341 g/mol. The SMILES string of the molecule is C=C/C=C(\C)n1c(-c2ncc(NC)cn2)c(C#N)c2cc(F)ccc21.CC. The van der Waals surface area contributed by atoms with Gasteiger partial charge in [-0.3, -0.25) is 0 Å².